The molecule has 1 aromatic heterocycles. The molecule has 94 valence electrons. The van der Waals surface area contributed by atoms with Crippen molar-refractivity contribution < 1.29 is 0 Å². The minimum absolute atomic E-state index is 0.248. The second-order valence-electron chi connectivity index (χ2n) is 5.52. The summed E-state index contributed by atoms with van der Waals surface area (Å²) in [6.07, 6.45) is 3.07. The number of nitrogens with zero attached hydrogens (tertiary/aromatic N) is 2. The number of rotatable bonds is 3. The molecule has 0 bridgehead atoms. The third-order valence-corrected chi connectivity index (χ3v) is 3.42. The van der Waals surface area contributed by atoms with E-state index in [9.17, 15) is 0 Å². The van der Waals surface area contributed by atoms with Crippen LogP contribution in [0.25, 0.3) is 0 Å². The standard InChI is InChI=1S/C14H23N3/c1-10(2)9-17-7-6-13(15)14(17)12-5-4-11(3)16-8-12/h4-5,8,10,13-14H,6-7,9,15H2,1-3H3. The van der Waals surface area contributed by atoms with E-state index >= 15 is 0 Å². The molecule has 1 fully saturated rings. The van der Waals surface area contributed by atoms with Crippen LogP contribution in [0.1, 0.15) is 37.6 Å². The molecule has 0 spiro atoms. The second kappa shape index (κ2) is 5.15. The highest BCUT2D eigenvalue weighted by Crippen LogP contribution is 2.31. The summed E-state index contributed by atoms with van der Waals surface area (Å²) < 4.78 is 0. The summed E-state index contributed by atoms with van der Waals surface area (Å²) in [6, 6.07) is 4.85. The zero-order valence-corrected chi connectivity index (χ0v) is 11.1. The zero-order chi connectivity index (χ0) is 12.4. The van der Waals surface area contributed by atoms with Crippen LogP contribution in [0.2, 0.25) is 0 Å². The van der Waals surface area contributed by atoms with Crippen LogP contribution < -0.4 is 5.73 Å². The first kappa shape index (κ1) is 12.5. The molecule has 3 nitrogen and oxygen atoms in total. The Balaban J connectivity index is 2.18. The summed E-state index contributed by atoms with van der Waals surface area (Å²) in [6.45, 7) is 8.76. The number of hydrogen-bond acceptors (Lipinski definition) is 3. The van der Waals surface area contributed by atoms with Gasteiger partial charge in [0.15, 0.2) is 0 Å². The van der Waals surface area contributed by atoms with Crippen molar-refractivity contribution in [1.29, 1.82) is 0 Å². The summed E-state index contributed by atoms with van der Waals surface area (Å²) >= 11 is 0. The van der Waals surface area contributed by atoms with Crippen molar-refractivity contribution in [2.45, 2.75) is 39.3 Å². The minimum atomic E-state index is 0.248. The Morgan fingerprint density at radius 3 is 2.82 bits per heavy atom. The van der Waals surface area contributed by atoms with E-state index in [0.717, 1.165) is 25.2 Å². The average molecular weight is 233 g/mol. The molecule has 2 heterocycles. The van der Waals surface area contributed by atoms with Gasteiger partial charge in [-0.3, -0.25) is 9.88 Å². The van der Waals surface area contributed by atoms with Crippen molar-refractivity contribution in [1.82, 2.24) is 9.88 Å². The first-order chi connectivity index (χ1) is 8.08. The molecule has 17 heavy (non-hydrogen) atoms. The SMILES string of the molecule is Cc1ccc(C2C(N)CCN2CC(C)C)cn1. The number of aryl methyl sites for hydroxylation is 1. The Bertz CT molecular complexity index is 358. The van der Waals surface area contributed by atoms with Crippen LogP contribution in [-0.4, -0.2) is 29.0 Å². The Morgan fingerprint density at radius 2 is 2.24 bits per heavy atom. The lowest BCUT2D eigenvalue weighted by molar-refractivity contribution is 0.221. The smallest absolute Gasteiger partial charge is 0.0515 e. The molecular weight excluding hydrogens is 210 g/mol. The predicted octanol–water partition coefficient (Wildman–Crippen LogP) is 2.12. The summed E-state index contributed by atoms with van der Waals surface area (Å²) in [5, 5.41) is 0. The van der Waals surface area contributed by atoms with Crippen molar-refractivity contribution in [2.75, 3.05) is 13.1 Å². The third kappa shape index (κ3) is 2.85. The number of pyridine rings is 1. The summed E-state index contributed by atoms with van der Waals surface area (Å²) in [5.74, 6) is 0.682. The van der Waals surface area contributed by atoms with Gasteiger partial charge in [0, 0.05) is 31.0 Å². The molecular formula is C14H23N3. The van der Waals surface area contributed by atoms with Gasteiger partial charge in [-0.2, -0.15) is 0 Å². The number of nitrogens with two attached hydrogens (primary N) is 1. The maximum absolute atomic E-state index is 6.25. The van der Waals surface area contributed by atoms with Gasteiger partial charge in [0.1, 0.15) is 0 Å². The molecule has 0 aromatic carbocycles. The van der Waals surface area contributed by atoms with Gasteiger partial charge in [-0.25, -0.2) is 0 Å². The van der Waals surface area contributed by atoms with E-state index in [1.54, 1.807) is 0 Å². The highest BCUT2D eigenvalue weighted by molar-refractivity contribution is 5.20. The monoisotopic (exact) mass is 233 g/mol. The predicted molar refractivity (Wildman–Crippen MR) is 70.7 cm³/mol. The Kier molecular flexibility index (Phi) is 3.79. The van der Waals surface area contributed by atoms with Crippen LogP contribution >= 0.6 is 0 Å². The van der Waals surface area contributed by atoms with Crippen molar-refractivity contribution >= 4 is 0 Å². The quantitative estimate of drug-likeness (QED) is 0.869. The number of aromatic nitrogens is 1. The fourth-order valence-corrected chi connectivity index (χ4v) is 2.67. The van der Waals surface area contributed by atoms with Crippen LogP contribution in [0.5, 0.6) is 0 Å². The van der Waals surface area contributed by atoms with Gasteiger partial charge < -0.3 is 5.73 Å². The number of hydrogen-bond donors (Lipinski definition) is 1. The molecule has 2 unspecified atom stereocenters. The second-order valence-corrected chi connectivity index (χ2v) is 5.52. The molecule has 2 atom stereocenters. The molecule has 1 aromatic rings. The van der Waals surface area contributed by atoms with Gasteiger partial charge in [0.05, 0.1) is 6.04 Å². The Labute approximate surface area is 104 Å². The third-order valence-electron chi connectivity index (χ3n) is 3.42. The van der Waals surface area contributed by atoms with E-state index in [4.69, 9.17) is 5.73 Å². The van der Waals surface area contributed by atoms with Crippen LogP contribution in [-0.2, 0) is 0 Å². The molecule has 0 saturated carbocycles. The lowest BCUT2D eigenvalue weighted by atomic mass is 10.0. The summed E-state index contributed by atoms with van der Waals surface area (Å²) in [7, 11) is 0. The topological polar surface area (TPSA) is 42.1 Å². The highest BCUT2D eigenvalue weighted by Gasteiger charge is 2.33. The molecule has 2 N–H and O–H groups in total. The van der Waals surface area contributed by atoms with E-state index in [1.807, 2.05) is 13.1 Å². The van der Waals surface area contributed by atoms with Crippen molar-refractivity contribution in [3.8, 4) is 0 Å². The lowest BCUT2D eigenvalue weighted by Gasteiger charge is -2.28. The van der Waals surface area contributed by atoms with Crippen molar-refractivity contribution in [3.05, 3.63) is 29.6 Å². The average Bonchev–Trinajstić information content (AvgIpc) is 2.61. The molecule has 0 aliphatic carbocycles. The van der Waals surface area contributed by atoms with E-state index in [0.29, 0.717) is 12.0 Å². The molecule has 1 aliphatic heterocycles. The fourth-order valence-electron chi connectivity index (χ4n) is 2.67. The zero-order valence-electron chi connectivity index (χ0n) is 11.1. The Morgan fingerprint density at radius 1 is 1.47 bits per heavy atom. The maximum atomic E-state index is 6.25. The van der Waals surface area contributed by atoms with E-state index < -0.39 is 0 Å². The van der Waals surface area contributed by atoms with Gasteiger partial charge >= 0.3 is 0 Å². The minimum Gasteiger partial charge on any atom is -0.326 e. The molecule has 2 rings (SSSR count). The summed E-state index contributed by atoms with van der Waals surface area (Å²) in [5.41, 5.74) is 8.58. The van der Waals surface area contributed by atoms with Crippen LogP contribution in [0.3, 0.4) is 0 Å². The van der Waals surface area contributed by atoms with Gasteiger partial charge in [-0.05, 0) is 30.9 Å². The van der Waals surface area contributed by atoms with E-state index in [-0.39, 0.29) is 6.04 Å². The maximum Gasteiger partial charge on any atom is 0.0515 e. The molecule has 3 heteroatoms. The Hall–Kier alpha value is -0.930. The van der Waals surface area contributed by atoms with Gasteiger partial charge in [0.2, 0.25) is 0 Å². The van der Waals surface area contributed by atoms with Crippen molar-refractivity contribution in [2.24, 2.45) is 11.7 Å². The van der Waals surface area contributed by atoms with Gasteiger partial charge in [0.25, 0.3) is 0 Å². The number of likely N-dealkylation sites (tertiary alicyclic amines) is 1. The fraction of sp³-hybridized carbons (Fsp3) is 0.643. The largest absolute Gasteiger partial charge is 0.326 e. The van der Waals surface area contributed by atoms with Crippen LogP contribution in [0.15, 0.2) is 18.3 Å². The summed E-state index contributed by atoms with van der Waals surface area (Å²) in [4.78, 5) is 6.89. The highest BCUT2D eigenvalue weighted by atomic mass is 15.2. The van der Waals surface area contributed by atoms with Crippen LogP contribution in [0, 0.1) is 12.8 Å². The molecule has 0 amide bonds. The van der Waals surface area contributed by atoms with Gasteiger partial charge in [-0.1, -0.05) is 19.9 Å². The first-order valence-corrected chi connectivity index (χ1v) is 6.50. The molecule has 1 saturated heterocycles. The molecule has 1 aliphatic rings. The van der Waals surface area contributed by atoms with Gasteiger partial charge in [-0.15, -0.1) is 0 Å². The van der Waals surface area contributed by atoms with E-state index in [1.165, 1.54) is 5.56 Å². The lowest BCUT2D eigenvalue weighted by Crippen LogP contribution is -2.34. The van der Waals surface area contributed by atoms with E-state index in [2.05, 4.69) is 35.9 Å². The first-order valence-electron chi connectivity index (χ1n) is 6.50. The normalized spacial score (nSPS) is 25.7. The molecule has 0 radical (unpaired) electrons. The van der Waals surface area contributed by atoms with Crippen molar-refractivity contribution in [3.63, 3.8) is 0 Å². The van der Waals surface area contributed by atoms with Crippen LogP contribution in [0.4, 0.5) is 0 Å².